The molecule has 0 aliphatic rings. The Morgan fingerprint density at radius 1 is 1.32 bits per heavy atom. The highest BCUT2D eigenvalue weighted by atomic mass is 16.3. The molecule has 0 aliphatic heterocycles. The largest absolute Gasteiger partial charge is 0.395 e. The van der Waals surface area contributed by atoms with E-state index in [4.69, 9.17) is 0 Å². The lowest BCUT2D eigenvalue weighted by Gasteiger charge is -2.16. The first kappa shape index (κ1) is 13.8. The third-order valence-corrected chi connectivity index (χ3v) is 3.26. The summed E-state index contributed by atoms with van der Waals surface area (Å²) in [6, 6.07) is 10.3. The fourth-order valence-electron chi connectivity index (χ4n) is 2.13. The van der Waals surface area contributed by atoms with Gasteiger partial charge in [-0.1, -0.05) is 30.3 Å². The third kappa shape index (κ3) is 3.91. The maximum atomic E-state index is 9.46. The van der Waals surface area contributed by atoms with Crippen molar-refractivity contribution in [2.45, 2.75) is 32.5 Å². The summed E-state index contributed by atoms with van der Waals surface area (Å²) in [5.41, 5.74) is 2.38. The number of aryl methyl sites for hydroxylation is 1. The first-order valence-corrected chi connectivity index (χ1v) is 6.70. The molecule has 1 aromatic heterocycles. The van der Waals surface area contributed by atoms with Crippen LogP contribution in [0.15, 0.2) is 42.9 Å². The number of aliphatic hydroxyl groups excluding tert-OH is 1. The standard InChI is InChI=1S/C15H21N3O/c1-2-18-12-16-9-15(18)10-17-14(11-19)8-13-6-4-3-5-7-13/h3-7,9,12,14,17,19H,2,8,10-11H2,1H3/t14-/m1/s1. The molecule has 4 nitrogen and oxygen atoms in total. The lowest BCUT2D eigenvalue weighted by Crippen LogP contribution is -2.34. The van der Waals surface area contributed by atoms with Gasteiger partial charge in [0.2, 0.25) is 0 Å². The Kier molecular flexibility index (Phi) is 5.12. The normalized spacial score (nSPS) is 12.5. The molecule has 2 rings (SSSR count). The number of nitrogens with one attached hydrogen (secondary N) is 1. The van der Waals surface area contributed by atoms with Gasteiger partial charge < -0.3 is 15.0 Å². The topological polar surface area (TPSA) is 50.1 Å². The van der Waals surface area contributed by atoms with Gasteiger partial charge in [-0.25, -0.2) is 4.98 Å². The summed E-state index contributed by atoms with van der Waals surface area (Å²) in [7, 11) is 0. The Labute approximate surface area is 114 Å². The van der Waals surface area contributed by atoms with Gasteiger partial charge in [0.15, 0.2) is 0 Å². The molecule has 0 radical (unpaired) electrons. The summed E-state index contributed by atoms with van der Waals surface area (Å²) in [6.07, 6.45) is 4.53. The molecule has 0 saturated heterocycles. The SMILES string of the molecule is CCn1cncc1CN[C@@H](CO)Cc1ccccc1. The van der Waals surface area contributed by atoms with Crippen molar-refractivity contribution in [1.82, 2.24) is 14.9 Å². The smallest absolute Gasteiger partial charge is 0.0948 e. The van der Waals surface area contributed by atoms with Crippen LogP contribution in [0.5, 0.6) is 0 Å². The van der Waals surface area contributed by atoms with Gasteiger partial charge in [-0.3, -0.25) is 0 Å². The molecule has 1 atom stereocenters. The zero-order chi connectivity index (χ0) is 13.5. The Morgan fingerprint density at radius 3 is 2.79 bits per heavy atom. The van der Waals surface area contributed by atoms with E-state index in [-0.39, 0.29) is 12.6 Å². The van der Waals surface area contributed by atoms with Crippen LogP contribution in [0, 0.1) is 0 Å². The maximum absolute atomic E-state index is 9.46. The fourth-order valence-corrected chi connectivity index (χ4v) is 2.13. The zero-order valence-corrected chi connectivity index (χ0v) is 11.3. The van der Waals surface area contributed by atoms with Gasteiger partial charge in [0.1, 0.15) is 0 Å². The number of hydrogen-bond donors (Lipinski definition) is 2. The number of aromatic nitrogens is 2. The van der Waals surface area contributed by atoms with Crippen LogP contribution < -0.4 is 5.32 Å². The van der Waals surface area contributed by atoms with Gasteiger partial charge in [-0.05, 0) is 18.9 Å². The minimum Gasteiger partial charge on any atom is -0.395 e. The lowest BCUT2D eigenvalue weighted by molar-refractivity contribution is 0.240. The first-order chi connectivity index (χ1) is 9.33. The van der Waals surface area contributed by atoms with Crippen LogP contribution in [-0.2, 0) is 19.5 Å². The van der Waals surface area contributed by atoms with Crippen molar-refractivity contribution in [2.75, 3.05) is 6.61 Å². The fraction of sp³-hybridized carbons (Fsp3) is 0.400. The summed E-state index contributed by atoms with van der Waals surface area (Å²) >= 11 is 0. The number of nitrogens with zero attached hydrogens (tertiary/aromatic N) is 2. The molecule has 1 heterocycles. The molecule has 0 spiro atoms. The third-order valence-electron chi connectivity index (χ3n) is 3.26. The summed E-state index contributed by atoms with van der Waals surface area (Å²) < 4.78 is 2.10. The predicted molar refractivity (Wildman–Crippen MR) is 75.8 cm³/mol. The molecule has 2 N–H and O–H groups in total. The van der Waals surface area contributed by atoms with E-state index in [1.54, 1.807) is 0 Å². The summed E-state index contributed by atoms with van der Waals surface area (Å²) in [5, 5.41) is 12.8. The van der Waals surface area contributed by atoms with Gasteiger partial charge in [0.25, 0.3) is 0 Å². The molecule has 0 fully saturated rings. The maximum Gasteiger partial charge on any atom is 0.0948 e. The summed E-state index contributed by atoms with van der Waals surface area (Å²) in [5.74, 6) is 0. The van der Waals surface area contributed by atoms with Gasteiger partial charge in [-0.2, -0.15) is 0 Å². The van der Waals surface area contributed by atoms with Gasteiger partial charge in [-0.15, -0.1) is 0 Å². The Hall–Kier alpha value is -1.65. The van der Waals surface area contributed by atoms with Crippen molar-refractivity contribution in [3.8, 4) is 0 Å². The van der Waals surface area contributed by atoms with Crippen LogP contribution >= 0.6 is 0 Å². The highest BCUT2D eigenvalue weighted by Crippen LogP contribution is 2.05. The van der Waals surface area contributed by atoms with Crippen molar-refractivity contribution in [3.63, 3.8) is 0 Å². The quantitative estimate of drug-likeness (QED) is 0.794. The predicted octanol–water partition coefficient (Wildman–Crippen LogP) is 1.60. The van der Waals surface area contributed by atoms with Crippen molar-refractivity contribution < 1.29 is 5.11 Å². The van der Waals surface area contributed by atoms with Gasteiger partial charge in [0, 0.05) is 25.3 Å². The van der Waals surface area contributed by atoms with E-state index in [1.807, 2.05) is 30.7 Å². The molecule has 0 amide bonds. The van der Waals surface area contributed by atoms with Crippen LogP contribution in [0.1, 0.15) is 18.2 Å². The lowest BCUT2D eigenvalue weighted by atomic mass is 10.1. The summed E-state index contributed by atoms with van der Waals surface area (Å²) in [4.78, 5) is 4.14. The number of benzene rings is 1. The monoisotopic (exact) mass is 259 g/mol. The molecular formula is C15H21N3O. The second kappa shape index (κ2) is 7.07. The van der Waals surface area contributed by atoms with Crippen LogP contribution in [0.4, 0.5) is 0 Å². The molecule has 1 aromatic carbocycles. The molecule has 0 aliphatic carbocycles. The van der Waals surface area contributed by atoms with Crippen LogP contribution in [0.3, 0.4) is 0 Å². The minimum atomic E-state index is 0.0719. The van der Waals surface area contributed by atoms with E-state index in [9.17, 15) is 5.11 Å². The molecule has 0 bridgehead atoms. The first-order valence-electron chi connectivity index (χ1n) is 6.70. The van der Waals surface area contributed by atoms with Crippen molar-refractivity contribution >= 4 is 0 Å². The van der Waals surface area contributed by atoms with E-state index < -0.39 is 0 Å². The highest BCUT2D eigenvalue weighted by molar-refractivity contribution is 5.16. The number of rotatable bonds is 7. The average molecular weight is 259 g/mol. The average Bonchev–Trinajstić information content (AvgIpc) is 2.92. The minimum absolute atomic E-state index is 0.0719. The van der Waals surface area contributed by atoms with Crippen molar-refractivity contribution in [3.05, 3.63) is 54.1 Å². The van der Waals surface area contributed by atoms with Crippen molar-refractivity contribution in [1.29, 1.82) is 0 Å². The van der Waals surface area contributed by atoms with E-state index >= 15 is 0 Å². The molecular weight excluding hydrogens is 238 g/mol. The number of aliphatic hydroxyl groups is 1. The molecule has 0 saturated carbocycles. The van der Waals surface area contributed by atoms with Crippen LogP contribution in [-0.4, -0.2) is 27.3 Å². The zero-order valence-electron chi connectivity index (χ0n) is 11.3. The molecule has 0 unspecified atom stereocenters. The van der Waals surface area contributed by atoms with E-state index in [1.165, 1.54) is 5.56 Å². The molecule has 102 valence electrons. The van der Waals surface area contributed by atoms with Crippen LogP contribution in [0.2, 0.25) is 0 Å². The molecule has 4 heteroatoms. The van der Waals surface area contributed by atoms with Gasteiger partial charge >= 0.3 is 0 Å². The Balaban J connectivity index is 1.89. The van der Waals surface area contributed by atoms with E-state index in [2.05, 4.69) is 33.9 Å². The summed E-state index contributed by atoms with van der Waals surface area (Å²) in [6.45, 7) is 3.87. The number of imidazole rings is 1. The molecule has 19 heavy (non-hydrogen) atoms. The Morgan fingerprint density at radius 2 is 2.11 bits per heavy atom. The second-order valence-corrected chi connectivity index (χ2v) is 4.62. The molecule has 2 aromatic rings. The van der Waals surface area contributed by atoms with Crippen LogP contribution in [0.25, 0.3) is 0 Å². The van der Waals surface area contributed by atoms with E-state index in [0.29, 0.717) is 0 Å². The Bertz CT molecular complexity index is 481. The van der Waals surface area contributed by atoms with Crippen molar-refractivity contribution in [2.24, 2.45) is 0 Å². The van der Waals surface area contributed by atoms with Gasteiger partial charge in [0.05, 0.1) is 18.6 Å². The second-order valence-electron chi connectivity index (χ2n) is 4.62. The van der Waals surface area contributed by atoms with E-state index in [0.717, 1.165) is 25.2 Å². The highest BCUT2D eigenvalue weighted by Gasteiger charge is 2.09. The number of hydrogen-bond acceptors (Lipinski definition) is 3.